The van der Waals surface area contributed by atoms with E-state index in [9.17, 15) is 10.1 Å². The molecule has 1 aromatic heterocycles. The number of pyridine rings is 1. The number of aromatic nitrogens is 1. The van der Waals surface area contributed by atoms with Crippen LogP contribution in [0, 0.1) is 10.1 Å². The molecular formula is C23H24IN5O3. The van der Waals surface area contributed by atoms with E-state index >= 15 is 0 Å². The predicted octanol–water partition coefficient (Wildman–Crippen LogP) is 4.37. The van der Waals surface area contributed by atoms with Gasteiger partial charge in [0.25, 0.3) is 5.69 Å². The fraction of sp³-hybridized carbons (Fsp3) is 0.217. The van der Waals surface area contributed by atoms with E-state index in [-0.39, 0.29) is 35.7 Å². The molecule has 4 rings (SSSR count). The van der Waals surface area contributed by atoms with Crippen molar-refractivity contribution in [1.82, 2.24) is 15.6 Å². The first kappa shape index (κ1) is 23.5. The molecular weight excluding hydrogens is 521 g/mol. The van der Waals surface area contributed by atoms with Crippen molar-refractivity contribution in [2.24, 2.45) is 4.99 Å². The van der Waals surface area contributed by atoms with Crippen molar-refractivity contribution < 1.29 is 9.66 Å². The maximum atomic E-state index is 10.9. The lowest BCUT2D eigenvalue weighted by Crippen LogP contribution is -2.41. The zero-order valence-electron chi connectivity index (χ0n) is 17.3. The summed E-state index contributed by atoms with van der Waals surface area (Å²) in [4.78, 5) is 19.5. The van der Waals surface area contributed by atoms with Crippen LogP contribution in [-0.4, -0.2) is 22.5 Å². The number of nitrogens with one attached hydrogen (secondary N) is 2. The van der Waals surface area contributed by atoms with E-state index in [2.05, 4.69) is 21.7 Å². The second-order valence-corrected chi connectivity index (χ2v) is 7.13. The van der Waals surface area contributed by atoms with Gasteiger partial charge in [-0.2, -0.15) is 0 Å². The molecule has 0 bridgehead atoms. The number of rotatable bonds is 6. The average molecular weight is 545 g/mol. The summed E-state index contributed by atoms with van der Waals surface area (Å²) in [7, 11) is 0. The monoisotopic (exact) mass is 545 g/mol. The van der Waals surface area contributed by atoms with Gasteiger partial charge in [-0.15, -0.1) is 24.0 Å². The number of guanidine groups is 1. The molecule has 0 aliphatic carbocycles. The molecule has 2 N–H and O–H groups in total. The van der Waals surface area contributed by atoms with Gasteiger partial charge in [0, 0.05) is 30.3 Å². The first-order valence-electron chi connectivity index (χ1n) is 10.1. The van der Waals surface area contributed by atoms with Crippen LogP contribution in [-0.2, 0) is 13.1 Å². The minimum atomic E-state index is -0.406. The van der Waals surface area contributed by atoms with E-state index in [1.165, 1.54) is 12.1 Å². The van der Waals surface area contributed by atoms with Gasteiger partial charge in [-0.05, 0) is 23.8 Å². The molecule has 3 aromatic rings. The molecule has 8 nitrogen and oxygen atoms in total. The molecule has 9 heteroatoms. The number of hydrogen-bond donors (Lipinski definition) is 2. The molecule has 0 radical (unpaired) electrons. The van der Waals surface area contributed by atoms with E-state index in [0.29, 0.717) is 25.7 Å². The number of ether oxygens (including phenoxy) is 1. The number of aliphatic imine (C=N–C) groups is 1. The summed E-state index contributed by atoms with van der Waals surface area (Å²) >= 11 is 0. The summed E-state index contributed by atoms with van der Waals surface area (Å²) in [5, 5.41) is 17.7. The van der Waals surface area contributed by atoms with Crippen molar-refractivity contribution in [3.63, 3.8) is 0 Å². The number of nitro benzene ring substituents is 1. The average Bonchev–Trinajstić information content (AvgIpc) is 2.82. The number of non-ortho nitro benzene ring substituents is 1. The maximum absolute atomic E-state index is 10.9. The van der Waals surface area contributed by atoms with Gasteiger partial charge in [-0.1, -0.05) is 36.4 Å². The lowest BCUT2D eigenvalue weighted by molar-refractivity contribution is -0.384. The summed E-state index contributed by atoms with van der Waals surface area (Å²) in [6.07, 6.45) is 2.58. The third kappa shape index (κ3) is 6.16. The maximum Gasteiger partial charge on any atom is 0.269 e. The van der Waals surface area contributed by atoms with Gasteiger partial charge in [0.2, 0.25) is 0 Å². The number of halogens is 1. The SMILES string of the molecule is I.O=[N+]([O-])c1ccc(CN=C(NCc2ccccn2)NC2CCOc3ccccc32)cc1. The molecule has 0 saturated carbocycles. The van der Waals surface area contributed by atoms with E-state index in [4.69, 9.17) is 9.73 Å². The quantitative estimate of drug-likeness (QED) is 0.157. The molecule has 32 heavy (non-hydrogen) atoms. The molecule has 0 fully saturated rings. The Bertz CT molecular complexity index is 1060. The van der Waals surface area contributed by atoms with Crippen LogP contribution in [0.15, 0.2) is 77.9 Å². The molecule has 0 amide bonds. The second-order valence-electron chi connectivity index (χ2n) is 7.13. The lowest BCUT2D eigenvalue weighted by atomic mass is 10.0. The van der Waals surface area contributed by atoms with Crippen LogP contribution in [0.3, 0.4) is 0 Å². The lowest BCUT2D eigenvalue weighted by Gasteiger charge is -2.28. The molecule has 1 atom stereocenters. The topological polar surface area (TPSA) is 102 Å². The van der Waals surface area contributed by atoms with Crippen molar-refractivity contribution in [3.8, 4) is 5.75 Å². The minimum Gasteiger partial charge on any atom is -0.493 e. The van der Waals surface area contributed by atoms with Crippen LogP contribution in [0.25, 0.3) is 0 Å². The molecule has 1 aliphatic heterocycles. The van der Waals surface area contributed by atoms with E-state index in [0.717, 1.165) is 29.0 Å². The number of para-hydroxylation sites is 1. The Hall–Kier alpha value is -3.21. The predicted molar refractivity (Wildman–Crippen MR) is 133 cm³/mol. The first-order valence-corrected chi connectivity index (χ1v) is 10.1. The Morgan fingerprint density at radius 2 is 1.91 bits per heavy atom. The highest BCUT2D eigenvalue weighted by Gasteiger charge is 2.22. The van der Waals surface area contributed by atoms with Crippen molar-refractivity contribution >= 4 is 35.6 Å². The van der Waals surface area contributed by atoms with E-state index in [1.807, 2.05) is 36.4 Å². The summed E-state index contributed by atoms with van der Waals surface area (Å²) in [6, 6.07) is 20.3. The number of hydrogen-bond acceptors (Lipinski definition) is 5. The Morgan fingerprint density at radius 1 is 1.12 bits per heavy atom. The Balaban J connectivity index is 0.00000289. The third-order valence-corrected chi connectivity index (χ3v) is 5.00. The van der Waals surface area contributed by atoms with Gasteiger partial charge in [-0.3, -0.25) is 15.1 Å². The Labute approximate surface area is 203 Å². The molecule has 0 spiro atoms. The molecule has 2 aromatic carbocycles. The number of nitrogens with zero attached hydrogens (tertiary/aromatic N) is 3. The summed E-state index contributed by atoms with van der Waals surface area (Å²) in [6.45, 7) is 1.54. The number of fused-ring (bicyclic) bond motifs is 1. The summed E-state index contributed by atoms with van der Waals surface area (Å²) in [5.74, 6) is 1.52. The molecule has 2 heterocycles. The van der Waals surface area contributed by atoms with Crippen LogP contribution < -0.4 is 15.4 Å². The largest absolute Gasteiger partial charge is 0.493 e. The van der Waals surface area contributed by atoms with Crippen molar-refractivity contribution in [3.05, 3.63) is 99.9 Å². The van der Waals surface area contributed by atoms with Crippen LogP contribution in [0.2, 0.25) is 0 Å². The molecule has 0 saturated heterocycles. The Morgan fingerprint density at radius 3 is 2.66 bits per heavy atom. The molecule has 166 valence electrons. The highest BCUT2D eigenvalue weighted by Crippen LogP contribution is 2.31. The molecule has 1 unspecified atom stereocenters. The van der Waals surface area contributed by atoms with E-state index < -0.39 is 4.92 Å². The van der Waals surface area contributed by atoms with Gasteiger partial charge in [0.05, 0.1) is 36.4 Å². The van der Waals surface area contributed by atoms with Crippen LogP contribution in [0.4, 0.5) is 5.69 Å². The molecule has 1 aliphatic rings. The van der Waals surface area contributed by atoms with Crippen LogP contribution >= 0.6 is 24.0 Å². The van der Waals surface area contributed by atoms with Crippen molar-refractivity contribution in [2.45, 2.75) is 25.6 Å². The number of benzene rings is 2. The number of nitro groups is 1. The van der Waals surface area contributed by atoms with Crippen molar-refractivity contribution in [2.75, 3.05) is 6.61 Å². The van der Waals surface area contributed by atoms with Gasteiger partial charge in [0.15, 0.2) is 5.96 Å². The first-order chi connectivity index (χ1) is 15.2. The second kappa shape index (κ2) is 11.4. The third-order valence-electron chi connectivity index (χ3n) is 5.00. The van der Waals surface area contributed by atoms with Crippen molar-refractivity contribution in [1.29, 1.82) is 0 Å². The zero-order valence-corrected chi connectivity index (χ0v) is 19.6. The summed E-state index contributed by atoms with van der Waals surface area (Å²) < 4.78 is 5.76. The normalized spacial score (nSPS) is 15.0. The minimum absolute atomic E-state index is 0. The zero-order chi connectivity index (χ0) is 21.5. The summed E-state index contributed by atoms with van der Waals surface area (Å²) in [5.41, 5.74) is 2.95. The van der Waals surface area contributed by atoms with Gasteiger partial charge >= 0.3 is 0 Å². The van der Waals surface area contributed by atoms with Gasteiger partial charge in [0.1, 0.15) is 5.75 Å². The highest BCUT2D eigenvalue weighted by molar-refractivity contribution is 14.0. The smallest absolute Gasteiger partial charge is 0.269 e. The van der Waals surface area contributed by atoms with Crippen LogP contribution in [0.5, 0.6) is 5.75 Å². The Kier molecular flexibility index (Phi) is 8.37. The van der Waals surface area contributed by atoms with Gasteiger partial charge < -0.3 is 15.4 Å². The van der Waals surface area contributed by atoms with E-state index in [1.54, 1.807) is 18.3 Å². The standard InChI is InChI=1S/C23H23N5O3.HI/c29-28(30)19-10-8-17(9-11-19)15-25-23(26-16-18-5-3-4-13-24-18)27-21-12-14-31-22-7-2-1-6-20(21)22;/h1-11,13,21H,12,14-16H2,(H2,25,26,27);1H. The fourth-order valence-corrected chi connectivity index (χ4v) is 3.38. The highest BCUT2D eigenvalue weighted by atomic mass is 127. The van der Waals surface area contributed by atoms with Gasteiger partial charge in [-0.25, -0.2) is 4.99 Å². The fourth-order valence-electron chi connectivity index (χ4n) is 3.38. The van der Waals surface area contributed by atoms with Crippen LogP contribution in [0.1, 0.15) is 29.3 Å².